The molecular weight excluding hydrogens is 383 g/mol. The van der Waals surface area contributed by atoms with Crippen molar-refractivity contribution in [2.24, 2.45) is 0 Å². The van der Waals surface area contributed by atoms with E-state index in [2.05, 4.69) is 33.9 Å². The second-order valence-electron chi connectivity index (χ2n) is 7.57. The third-order valence-corrected chi connectivity index (χ3v) is 5.64. The van der Waals surface area contributed by atoms with Crippen molar-refractivity contribution in [3.8, 4) is 5.75 Å². The van der Waals surface area contributed by atoms with Crippen molar-refractivity contribution in [3.63, 3.8) is 0 Å². The molecule has 1 fully saturated rings. The number of methoxy groups -OCH3 is 1. The molecule has 1 aromatic heterocycles. The molecule has 0 saturated carbocycles. The molecule has 30 heavy (non-hydrogen) atoms. The SMILES string of the molecule is CCN(CC)c1ccc(C(=O)NC2CCN(Cc3ccc(OC)c(F)c3)CC2)cn1. The maximum atomic E-state index is 13.9. The van der Waals surface area contributed by atoms with Gasteiger partial charge in [0.1, 0.15) is 5.82 Å². The summed E-state index contributed by atoms with van der Waals surface area (Å²) >= 11 is 0. The van der Waals surface area contributed by atoms with Gasteiger partial charge in [0.25, 0.3) is 5.91 Å². The number of rotatable bonds is 8. The van der Waals surface area contributed by atoms with Gasteiger partial charge in [-0.1, -0.05) is 6.07 Å². The summed E-state index contributed by atoms with van der Waals surface area (Å²) in [6.07, 6.45) is 3.39. The number of anilines is 1. The van der Waals surface area contributed by atoms with Crippen LogP contribution in [0.25, 0.3) is 0 Å². The van der Waals surface area contributed by atoms with Gasteiger partial charge in [0.05, 0.1) is 12.7 Å². The summed E-state index contributed by atoms with van der Waals surface area (Å²) in [6, 6.07) is 8.97. The number of pyridine rings is 1. The number of ether oxygens (including phenoxy) is 1. The molecule has 7 heteroatoms. The van der Waals surface area contributed by atoms with E-state index < -0.39 is 0 Å². The number of piperidine rings is 1. The molecule has 0 spiro atoms. The number of amides is 1. The zero-order valence-corrected chi connectivity index (χ0v) is 18.0. The van der Waals surface area contributed by atoms with Gasteiger partial charge < -0.3 is 15.0 Å². The van der Waals surface area contributed by atoms with E-state index in [1.165, 1.54) is 13.2 Å². The lowest BCUT2D eigenvalue weighted by Crippen LogP contribution is -2.44. The molecule has 1 aliphatic heterocycles. The molecule has 1 amide bonds. The molecule has 3 rings (SSSR count). The van der Waals surface area contributed by atoms with Crippen LogP contribution in [0.4, 0.5) is 10.2 Å². The first-order valence-corrected chi connectivity index (χ1v) is 10.6. The number of nitrogens with one attached hydrogen (secondary N) is 1. The number of halogens is 1. The Morgan fingerprint density at radius 1 is 1.23 bits per heavy atom. The largest absolute Gasteiger partial charge is 0.494 e. The summed E-state index contributed by atoms with van der Waals surface area (Å²) in [5.41, 5.74) is 1.51. The Hall–Kier alpha value is -2.67. The molecule has 0 radical (unpaired) electrons. The van der Waals surface area contributed by atoms with Crippen LogP contribution in [-0.4, -0.2) is 55.1 Å². The predicted octanol–water partition coefficient (Wildman–Crippen LogP) is 3.47. The number of hydrogen-bond acceptors (Lipinski definition) is 5. The van der Waals surface area contributed by atoms with Crippen LogP contribution < -0.4 is 15.0 Å². The van der Waals surface area contributed by atoms with Gasteiger partial charge in [0.15, 0.2) is 11.6 Å². The average molecular weight is 415 g/mol. The fourth-order valence-corrected chi connectivity index (χ4v) is 3.83. The van der Waals surface area contributed by atoms with Crippen molar-refractivity contribution in [1.82, 2.24) is 15.2 Å². The van der Waals surface area contributed by atoms with Crippen LogP contribution in [0.2, 0.25) is 0 Å². The number of nitrogens with zero attached hydrogens (tertiary/aromatic N) is 3. The van der Waals surface area contributed by atoms with Gasteiger partial charge in [-0.05, 0) is 56.5 Å². The minimum atomic E-state index is -0.335. The van der Waals surface area contributed by atoms with E-state index >= 15 is 0 Å². The van der Waals surface area contributed by atoms with Crippen LogP contribution in [0.1, 0.15) is 42.6 Å². The molecule has 1 aliphatic rings. The van der Waals surface area contributed by atoms with Crippen LogP contribution in [0.5, 0.6) is 5.75 Å². The molecule has 1 N–H and O–H groups in total. The van der Waals surface area contributed by atoms with Crippen molar-refractivity contribution < 1.29 is 13.9 Å². The highest BCUT2D eigenvalue weighted by Gasteiger charge is 2.22. The summed E-state index contributed by atoms with van der Waals surface area (Å²) in [5, 5.41) is 3.12. The first-order valence-electron chi connectivity index (χ1n) is 10.6. The van der Waals surface area contributed by atoms with Crippen molar-refractivity contribution in [2.45, 2.75) is 39.3 Å². The Balaban J connectivity index is 1.48. The molecule has 162 valence electrons. The van der Waals surface area contributed by atoms with Gasteiger partial charge in [0, 0.05) is 45.0 Å². The summed E-state index contributed by atoms with van der Waals surface area (Å²) in [4.78, 5) is 21.4. The zero-order chi connectivity index (χ0) is 21.5. The third-order valence-electron chi connectivity index (χ3n) is 5.64. The lowest BCUT2D eigenvalue weighted by Gasteiger charge is -2.32. The highest BCUT2D eigenvalue weighted by molar-refractivity contribution is 5.94. The average Bonchev–Trinajstić information content (AvgIpc) is 2.76. The van der Waals surface area contributed by atoms with Gasteiger partial charge in [0.2, 0.25) is 0 Å². The smallest absolute Gasteiger partial charge is 0.253 e. The normalized spacial score (nSPS) is 15.1. The van der Waals surface area contributed by atoms with Gasteiger partial charge in [-0.25, -0.2) is 9.37 Å². The molecular formula is C23H31FN4O2. The summed E-state index contributed by atoms with van der Waals surface area (Å²) in [7, 11) is 1.46. The third kappa shape index (κ3) is 5.48. The minimum absolute atomic E-state index is 0.0794. The van der Waals surface area contributed by atoms with E-state index in [9.17, 15) is 9.18 Å². The molecule has 1 saturated heterocycles. The minimum Gasteiger partial charge on any atom is -0.494 e. The number of aromatic nitrogens is 1. The second kappa shape index (κ2) is 10.4. The second-order valence-corrected chi connectivity index (χ2v) is 7.57. The van der Waals surface area contributed by atoms with Crippen molar-refractivity contribution >= 4 is 11.7 Å². The van der Waals surface area contributed by atoms with E-state index in [0.717, 1.165) is 50.4 Å². The molecule has 0 bridgehead atoms. The zero-order valence-electron chi connectivity index (χ0n) is 18.0. The maximum absolute atomic E-state index is 13.9. The Labute approximate surface area is 178 Å². The molecule has 2 heterocycles. The first kappa shape index (κ1) is 22.0. The fourth-order valence-electron chi connectivity index (χ4n) is 3.83. The van der Waals surface area contributed by atoms with Crippen LogP contribution in [-0.2, 0) is 6.54 Å². The topological polar surface area (TPSA) is 57.7 Å². The summed E-state index contributed by atoms with van der Waals surface area (Å²) in [6.45, 7) is 8.36. The fraction of sp³-hybridized carbons (Fsp3) is 0.478. The van der Waals surface area contributed by atoms with Gasteiger partial charge in [-0.15, -0.1) is 0 Å². The van der Waals surface area contributed by atoms with E-state index in [0.29, 0.717) is 12.1 Å². The van der Waals surface area contributed by atoms with Gasteiger partial charge in [-0.2, -0.15) is 0 Å². The Morgan fingerprint density at radius 3 is 2.53 bits per heavy atom. The van der Waals surface area contributed by atoms with Gasteiger partial charge >= 0.3 is 0 Å². The van der Waals surface area contributed by atoms with Gasteiger partial charge in [-0.3, -0.25) is 9.69 Å². The standard InChI is InChI=1S/C23H31FN4O2/c1-4-28(5-2)22-9-7-18(15-25-22)23(29)26-19-10-12-27(13-11-19)16-17-6-8-21(30-3)20(24)14-17/h6-9,14-15,19H,4-5,10-13,16H2,1-3H3,(H,26,29). The summed E-state index contributed by atoms with van der Waals surface area (Å²) < 4.78 is 18.9. The van der Waals surface area contributed by atoms with E-state index in [-0.39, 0.29) is 23.5 Å². The number of carbonyl (C=O) groups excluding carboxylic acids is 1. The molecule has 0 unspecified atom stereocenters. The first-order chi connectivity index (χ1) is 14.5. The summed E-state index contributed by atoms with van der Waals surface area (Å²) in [5.74, 6) is 0.738. The monoisotopic (exact) mass is 414 g/mol. The highest BCUT2D eigenvalue weighted by atomic mass is 19.1. The molecule has 2 aromatic rings. The number of likely N-dealkylation sites (tertiary alicyclic amines) is 1. The molecule has 1 aromatic carbocycles. The number of carbonyl (C=O) groups is 1. The Bertz CT molecular complexity index is 832. The quantitative estimate of drug-likeness (QED) is 0.717. The number of hydrogen-bond donors (Lipinski definition) is 1. The molecule has 0 atom stereocenters. The lowest BCUT2D eigenvalue weighted by atomic mass is 10.0. The van der Waals surface area contributed by atoms with Crippen LogP contribution in [0.3, 0.4) is 0 Å². The lowest BCUT2D eigenvalue weighted by molar-refractivity contribution is 0.0908. The van der Waals surface area contributed by atoms with Crippen molar-refractivity contribution in [1.29, 1.82) is 0 Å². The van der Waals surface area contributed by atoms with Crippen LogP contribution in [0.15, 0.2) is 36.5 Å². The van der Waals surface area contributed by atoms with E-state index in [4.69, 9.17) is 4.74 Å². The maximum Gasteiger partial charge on any atom is 0.253 e. The molecule has 0 aliphatic carbocycles. The number of benzene rings is 1. The Kier molecular flexibility index (Phi) is 7.63. The predicted molar refractivity (Wildman–Crippen MR) is 117 cm³/mol. The highest BCUT2D eigenvalue weighted by Crippen LogP contribution is 2.20. The Morgan fingerprint density at radius 2 is 1.97 bits per heavy atom. The van der Waals surface area contributed by atoms with E-state index in [1.54, 1.807) is 12.3 Å². The van der Waals surface area contributed by atoms with E-state index in [1.807, 2.05) is 18.2 Å². The van der Waals surface area contributed by atoms with Crippen molar-refractivity contribution in [2.75, 3.05) is 38.2 Å². The van der Waals surface area contributed by atoms with Crippen molar-refractivity contribution in [3.05, 3.63) is 53.5 Å². The van der Waals surface area contributed by atoms with Crippen LogP contribution in [0, 0.1) is 5.82 Å². The van der Waals surface area contributed by atoms with Crippen LogP contribution >= 0.6 is 0 Å². The molecule has 6 nitrogen and oxygen atoms in total.